The van der Waals surface area contributed by atoms with E-state index in [9.17, 15) is 18.0 Å². The van der Waals surface area contributed by atoms with Crippen LogP contribution in [0.1, 0.15) is 50.2 Å². The Morgan fingerprint density at radius 2 is 1.95 bits per heavy atom. The molecule has 1 aromatic rings. The maximum absolute atomic E-state index is 12.4. The van der Waals surface area contributed by atoms with Crippen LogP contribution < -0.4 is 0 Å². The summed E-state index contributed by atoms with van der Waals surface area (Å²) in [4.78, 5) is 14.3. The second-order valence-corrected chi connectivity index (χ2v) is 5.32. The molecule has 0 bridgehead atoms. The summed E-state index contributed by atoms with van der Waals surface area (Å²) in [5.74, 6) is -2.41. The summed E-state index contributed by atoms with van der Waals surface area (Å²) in [6, 6.07) is 0. The summed E-state index contributed by atoms with van der Waals surface area (Å²) >= 11 is 0. The third kappa shape index (κ3) is 3.49. The third-order valence-corrected chi connectivity index (χ3v) is 3.69. The molecule has 0 unspecified atom stereocenters. The number of hydrogen-bond donors (Lipinski definition) is 1. The number of carboxylic acids is 1. The highest BCUT2D eigenvalue weighted by Gasteiger charge is 2.40. The van der Waals surface area contributed by atoms with Crippen molar-refractivity contribution in [2.45, 2.75) is 51.1 Å². The van der Waals surface area contributed by atoms with E-state index in [0.717, 1.165) is 19.3 Å². The quantitative estimate of drug-likeness (QED) is 0.923. The molecule has 20 heavy (non-hydrogen) atoms. The van der Waals surface area contributed by atoms with Gasteiger partial charge in [-0.05, 0) is 18.3 Å². The van der Waals surface area contributed by atoms with Gasteiger partial charge in [-0.25, -0.2) is 0 Å². The van der Waals surface area contributed by atoms with Crippen LogP contribution in [0.3, 0.4) is 0 Å². The van der Waals surface area contributed by atoms with Crippen molar-refractivity contribution in [2.75, 3.05) is 0 Å². The Labute approximate surface area is 113 Å². The Hall–Kier alpha value is -1.60. The number of nitrogens with zero attached hydrogens (tertiary/aromatic N) is 2. The first-order valence-electron chi connectivity index (χ1n) is 6.42. The molecule has 0 spiro atoms. The average Bonchev–Trinajstić information content (AvgIpc) is 2.77. The predicted molar refractivity (Wildman–Crippen MR) is 60.8 cm³/mol. The fourth-order valence-electron chi connectivity index (χ4n) is 2.80. The van der Waals surface area contributed by atoms with Gasteiger partial charge in [0, 0.05) is 6.42 Å². The van der Waals surface area contributed by atoms with Crippen LogP contribution in [0, 0.1) is 5.41 Å². The fraction of sp³-hybridized carbons (Fsp3) is 0.750. The Balaban J connectivity index is 2.15. The van der Waals surface area contributed by atoms with Gasteiger partial charge in [-0.2, -0.15) is 18.2 Å². The van der Waals surface area contributed by atoms with E-state index in [1.165, 1.54) is 0 Å². The first kappa shape index (κ1) is 14.8. The lowest BCUT2D eigenvalue weighted by Crippen LogP contribution is -2.30. The minimum absolute atomic E-state index is 0.0857. The van der Waals surface area contributed by atoms with Crippen molar-refractivity contribution in [1.29, 1.82) is 0 Å². The Morgan fingerprint density at radius 1 is 1.30 bits per heavy atom. The van der Waals surface area contributed by atoms with Crippen LogP contribution in [-0.2, 0) is 17.4 Å². The van der Waals surface area contributed by atoms with Crippen molar-refractivity contribution in [2.24, 2.45) is 5.41 Å². The van der Waals surface area contributed by atoms with Gasteiger partial charge in [-0.15, -0.1) is 0 Å². The second kappa shape index (κ2) is 5.41. The van der Waals surface area contributed by atoms with Gasteiger partial charge in [-0.3, -0.25) is 4.79 Å². The van der Waals surface area contributed by atoms with E-state index in [0.29, 0.717) is 12.8 Å². The number of aliphatic carboxylic acids is 1. The summed E-state index contributed by atoms with van der Waals surface area (Å²) in [7, 11) is 0. The normalized spacial score (nSPS) is 18.9. The molecule has 5 nitrogen and oxygen atoms in total. The Morgan fingerprint density at radius 3 is 2.45 bits per heavy atom. The molecule has 112 valence electrons. The number of carboxylic acid groups (broad SMARTS) is 1. The highest BCUT2D eigenvalue weighted by Crippen LogP contribution is 2.42. The van der Waals surface area contributed by atoms with Gasteiger partial charge in [0.1, 0.15) is 0 Å². The lowest BCUT2D eigenvalue weighted by atomic mass is 9.69. The standard InChI is InChI=1S/C12H15F3N2O3/c13-12(14,15)10-16-8(20-17-10)6-11(7-9(18)19)4-2-1-3-5-11/h1-7H2,(H,18,19). The number of rotatable bonds is 4. The molecule has 1 N–H and O–H groups in total. The van der Waals surface area contributed by atoms with Crippen LogP contribution in [0.15, 0.2) is 4.52 Å². The molecule has 0 atom stereocenters. The van der Waals surface area contributed by atoms with E-state index in [4.69, 9.17) is 5.11 Å². The van der Waals surface area contributed by atoms with Gasteiger partial charge in [0.05, 0.1) is 6.42 Å². The van der Waals surface area contributed by atoms with E-state index >= 15 is 0 Å². The van der Waals surface area contributed by atoms with Crippen LogP contribution in [0.5, 0.6) is 0 Å². The molecular weight excluding hydrogens is 277 g/mol. The first-order valence-corrected chi connectivity index (χ1v) is 6.42. The zero-order chi connectivity index (χ0) is 14.8. The van der Waals surface area contributed by atoms with Gasteiger partial charge in [0.15, 0.2) is 0 Å². The van der Waals surface area contributed by atoms with Crippen molar-refractivity contribution in [1.82, 2.24) is 10.1 Å². The van der Waals surface area contributed by atoms with Gasteiger partial charge < -0.3 is 9.63 Å². The largest absolute Gasteiger partial charge is 0.481 e. The van der Waals surface area contributed by atoms with Crippen LogP contribution in [-0.4, -0.2) is 21.2 Å². The molecule has 0 amide bonds. The zero-order valence-electron chi connectivity index (χ0n) is 10.7. The molecule has 0 radical (unpaired) electrons. The summed E-state index contributed by atoms with van der Waals surface area (Å²) in [5.41, 5.74) is -0.570. The van der Waals surface area contributed by atoms with Gasteiger partial charge in [0.25, 0.3) is 5.82 Å². The van der Waals surface area contributed by atoms with Crippen molar-refractivity contribution in [3.05, 3.63) is 11.7 Å². The zero-order valence-corrected chi connectivity index (χ0v) is 10.7. The molecule has 2 rings (SSSR count). The smallest absolute Gasteiger partial charge is 0.455 e. The SMILES string of the molecule is O=C(O)CC1(Cc2nc(C(F)(F)F)no2)CCCCC1. The molecule has 1 aromatic heterocycles. The van der Waals surface area contributed by atoms with Crippen LogP contribution in [0.4, 0.5) is 13.2 Å². The molecule has 1 heterocycles. The minimum atomic E-state index is -4.64. The number of carbonyl (C=O) groups is 1. The molecule has 0 saturated heterocycles. The summed E-state index contributed by atoms with van der Waals surface area (Å²) < 4.78 is 41.8. The molecule has 1 aliphatic carbocycles. The van der Waals surface area contributed by atoms with E-state index < -0.39 is 23.4 Å². The lowest BCUT2D eigenvalue weighted by molar-refractivity contribution is -0.146. The highest BCUT2D eigenvalue weighted by molar-refractivity contribution is 5.67. The highest BCUT2D eigenvalue weighted by atomic mass is 19.4. The van der Waals surface area contributed by atoms with Crippen molar-refractivity contribution < 1.29 is 27.6 Å². The summed E-state index contributed by atoms with van der Waals surface area (Å²) in [5, 5.41) is 11.9. The maximum Gasteiger partial charge on any atom is 0.455 e. The molecular formula is C12H15F3N2O3. The van der Waals surface area contributed by atoms with Gasteiger partial charge in [-0.1, -0.05) is 24.4 Å². The third-order valence-electron chi connectivity index (χ3n) is 3.69. The molecule has 1 aliphatic rings. The second-order valence-electron chi connectivity index (χ2n) is 5.32. The number of aromatic nitrogens is 2. The lowest BCUT2D eigenvalue weighted by Gasteiger charge is -2.34. The maximum atomic E-state index is 12.4. The Kier molecular flexibility index (Phi) is 4.01. The first-order chi connectivity index (χ1) is 9.31. The van der Waals surface area contributed by atoms with Crippen molar-refractivity contribution >= 4 is 5.97 Å². The van der Waals surface area contributed by atoms with Crippen LogP contribution in [0.25, 0.3) is 0 Å². The summed E-state index contributed by atoms with van der Waals surface area (Å²) in [6.07, 6.45) is -0.584. The Bertz CT molecular complexity index is 479. The molecule has 0 aromatic carbocycles. The van der Waals surface area contributed by atoms with Crippen molar-refractivity contribution in [3.8, 4) is 0 Å². The van der Waals surface area contributed by atoms with E-state index in [1.807, 2.05) is 0 Å². The van der Waals surface area contributed by atoms with E-state index in [1.54, 1.807) is 0 Å². The molecule has 1 fully saturated rings. The number of halogens is 3. The minimum Gasteiger partial charge on any atom is -0.481 e. The number of hydrogen-bond acceptors (Lipinski definition) is 4. The fourth-order valence-corrected chi connectivity index (χ4v) is 2.80. The van der Waals surface area contributed by atoms with Crippen LogP contribution >= 0.6 is 0 Å². The molecule has 8 heteroatoms. The number of alkyl halides is 3. The van der Waals surface area contributed by atoms with Gasteiger partial charge >= 0.3 is 12.1 Å². The van der Waals surface area contributed by atoms with Crippen LogP contribution in [0.2, 0.25) is 0 Å². The topological polar surface area (TPSA) is 76.2 Å². The summed E-state index contributed by atoms with van der Waals surface area (Å²) in [6.45, 7) is 0. The average molecular weight is 292 g/mol. The van der Waals surface area contributed by atoms with Crippen molar-refractivity contribution in [3.63, 3.8) is 0 Å². The van der Waals surface area contributed by atoms with E-state index in [-0.39, 0.29) is 18.7 Å². The monoisotopic (exact) mass is 292 g/mol. The molecule has 1 saturated carbocycles. The molecule has 0 aliphatic heterocycles. The van der Waals surface area contributed by atoms with Gasteiger partial charge in [0.2, 0.25) is 5.89 Å². The predicted octanol–water partition coefficient (Wildman–Crippen LogP) is 3.06. The van der Waals surface area contributed by atoms with E-state index in [2.05, 4.69) is 14.7 Å².